The van der Waals surface area contributed by atoms with Crippen LogP contribution in [-0.4, -0.2) is 67.9 Å². The lowest BCUT2D eigenvalue weighted by atomic mass is 9.96. The van der Waals surface area contributed by atoms with Gasteiger partial charge in [0.1, 0.15) is 5.54 Å². The number of amides is 1. The van der Waals surface area contributed by atoms with Crippen LogP contribution >= 0.6 is 0 Å². The zero-order chi connectivity index (χ0) is 19.8. The molecule has 2 heterocycles. The maximum Gasteiger partial charge on any atom is 0.243 e. The summed E-state index contributed by atoms with van der Waals surface area (Å²) in [5.74, 6) is -0.0795. The molecule has 1 aliphatic carbocycles. The number of piperazine rings is 1. The lowest BCUT2D eigenvalue weighted by Crippen LogP contribution is -2.60. The van der Waals surface area contributed by atoms with Gasteiger partial charge in [-0.3, -0.25) is 9.78 Å². The van der Waals surface area contributed by atoms with E-state index in [1.54, 1.807) is 30.6 Å². The van der Waals surface area contributed by atoms with Gasteiger partial charge in [0, 0.05) is 44.0 Å². The van der Waals surface area contributed by atoms with E-state index in [1.807, 2.05) is 18.0 Å². The van der Waals surface area contributed by atoms with Crippen molar-refractivity contribution in [2.45, 2.75) is 36.1 Å². The molecule has 28 heavy (non-hydrogen) atoms. The van der Waals surface area contributed by atoms with Crippen molar-refractivity contribution in [2.24, 2.45) is 0 Å². The summed E-state index contributed by atoms with van der Waals surface area (Å²) in [6.45, 7) is 2.90. The summed E-state index contributed by atoms with van der Waals surface area (Å²) in [7, 11) is -1.79. The van der Waals surface area contributed by atoms with E-state index in [0.29, 0.717) is 25.9 Å². The van der Waals surface area contributed by atoms with Crippen molar-refractivity contribution >= 4 is 26.7 Å². The van der Waals surface area contributed by atoms with Crippen LogP contribution in [0.3, 0.4) is 0 Å². The molecule has 1 saturated heterocycles. The van der Waals surface area contributed by atoms with Gasteiger partial charge >= 0.3 is 0 Å². The second-order valence-corrected chi connectivity index (χ2v) is 9.56. The molecule has 1 aromatic heterocycles. The van der Waals surface area contributed by atoms with E-state index in [4.69, 9.17) is 0 Å². The average Bonchev–Trinajstić information content (AvgIpc) is 3.16. The van der Waals surface area contributed by atoms with Crippen LogP contribution in [-0.2, 0) is 14.8 Å². The average molecular weight is 403 g/mol. The monoisotopic (exact) mass is 402 g/mol. The number of carbonyl (C=O) groups excluding carboxylic acids is 1. The highest BCUT2D eigenvalue weighted by molar-refractivity contribution is 7.89. The molecule has 2 fully saturated rings. The summed E-state index contributed by atoms with van der Waals surface area (Å²) in [5.41, 5.74) is -1.03. The highest BCUT2D eigenvalue weighted by Crippen LogP contribution is 2.34. The molecule has 1 amide bonds. The normalized spacial score (nSPS) is 20.5. The number of pyridine rings is 1. The molecule has 2 aliphatic rings. The first kappa shape index (κ1) is 19.3. The van der Waals surface area contributed by atoms with E-state index < -0.39 is 15.6 Å². The fourth-order valence-corrected chi connectivity index (χ4v) is 5.65. The summed E-state index contributed by atoms with van der Waals surface area (Å²) >= 11 is 0. The van der Waals surface area contributed by atoms with Crippen LogP contribution in [0.15, 0.2) is 41.6 Å². The Balaban J connectivity index is 1.62. The second kappa shape index (κ2) is 7.42. The predicted molar refractivity (Wildman–Crippen MR) is 107 cm³/mol. The number of hydrogen-bond donors (Lipinski definition) is 1. The van der Waals surface area contributed by atoms with Gasteiger partial charge in [-0.25, -0.2) is 8.42 Å². The molecular weight excluding hydrogens is 376 g/mol. The number of fused-ring (bicyclic) bond motifs is 1. The van der Waals surface area contributed by atoms with E-state index in [1.165, 1.54) is 0 Å². The molecule has 8 heteroatoms. The number of benzene rings is 1. The lowest BCUT2D eigenvalue weighted by molar-refractivity contribution is -0.139. The summed E-state index contributed by atoms with van der Waals surface area (Å²) in [6.07, 6.45) is 6.12. The van der Waals surface area contributed by atoms with Gasteiger partial charge in [-0.05, 0) is 43.5 Å². The SMILES string of the molecule is CN1CCN(C(=O)C2(NS(=O)(=O)c3ccc4ccncc4c3)CCCC2)CC1. The Morgan fingerprint density at radius 2 is 1.79 bits per heavy atom. The number of sulfonamides is 1. The Morgan fingerprint density at radius 3 is 2.50 bits per heavy atom. The van der Waals surface area contributed by atoms with Crippen LogP contribution in [0.5, 0.6) is 0 Å². The summed E-state index contributed by atoms with van der Waals surface area (Å²) in [6, 6.07) is 6.82. The van der Waals surface area contributed by atoms with Gasteiger partial charge in [0.05, 0.1) is 4.90 Å². The van der Waals surface area contributed by atoms with Gasteiger partial charge in [-0.1, -0.05) is 18.9 Å². The smallest absolute Gasteiger partial charge is 0.243 e. The van der Waals surface area contributed by atoms with E-state index >= 15 is 0 Å². The van der Waals surface area contributed by atoms with Crippen LogP contribution in [0.2, 0.25) is 0 Å². The number of carbonyl (C=O) groups is 1. The molecule has 1 aromatic carbocycles. The number of hydrogen-bond acceptors (Lipinski definition) is 5. The summed E-state index contributed by atoms with van der Waals surface area (Å²) in [4.78, 5) is 21.6. The second-order valence-electron chi connectivity index (χ2n) is 7.87. The molecule has 0 spiro atoms. The van der Waals surface area contributed by atoms with Crippen LogP contribution in [0, 0.1) is 0 Å². The first-order valence-electron chi connectivity index (χ1n) is 9.75. The topological polar surface area (TPSA) is 82.6 Å². The summed E-state index contributed by atoms with van der Waals surface area (Å²) < 4.78 is 29.1. The van der Waals surface area contributed by atoms with E-state index in [0.717, 1.165) is 36.7 Å². The first-order chi connectivity index (χ1) is 13.4. The lowest BCUT2D eigenvalue weighted by Gasteiger charge is -2.39. The molecule has 7 nitrogen and oxygen atoms in total. The van der Waals surface area contributed by atoms with Crippen molar-refractivity contribution in [3.05, 3.63) is 36.7 Å². The van der Waals surface area contributed by atoms with Crippen molar-refractivity contribution in [3.8, 4) is 0 Å². The van der Waals surface area contributed by atoms with Gasteiger partial charge in [0.2, 0.25) is 15.9 Å². The van der Waals surface area contributed by atoms with Crippen LogP contribution in [0.4, 0.5) is 0 Å². The van der Waals surface area contributed by atoms with Crippen LogP contribution in [0.1, 0.15) is 25.7 Å². The number of likely N-dealkylation sites (N-methyl/N-ethyl adjacent to an activating group) is 1. The van der Waals surface area contributed by atoms with Gasteiger partial charge < -0.3 is 9.80 Å². The number of aromatic nitrogens is 1. The molecule has 2 aromatic rings. The maximum atomic E-state index is 13.3. The van der Waals surface area contributed by atoms with Crippen molar-refractivity contribution in [3.63, 3.8) is 0 Å². The van der Waals surface area contributed by atoms with E-state index in [2.05, 4.69) is 14.6 Å². The standard InChI is InChI=1S/C20H26N4O3S/c1-23-10-12-24(13-11-23)19(25)20(7-2-3-8-20)22-28(26,27)18-5-4-16-6-9-21-15-17(16)14-18/h4-6,9,14-15,22H,2-3,7-8,10-13H2,1H3. The summed E-state index contributed by atoms with van der Waals surface area (Å²) in [5, 5.41) is 1.69. The Labute approximate surface area is 165 Å². The molecule has 0 radical (unpaired) electrons. The fourth-order valence-electron chi connectivity index (χ4n) is 4.20. The molecule has 0 bridgehead atoms. The molecule has 0 atom stereocenters. The highest BCUT2D eigenvalue weighted by atomic mass is 32.2. The molecular formula is C20H26N4O3S. The number of nitrogens with one attached hydrogen (secondary N) is 1. The number of nitrogens with zero attached hydrogens (tertiary/aromatic N) is 3. The van der Waals surface area contributed by atoms with Gasteiger partial charge in [0.25, 0.3) is 0 Å². The number of rotatable bonds is 4. The van der Waals surface area contributed by atoms with Gasteiger partial charge in [-0.15, -0.1) is 0 Å². The Kier molecular flexibility index (Phi) is 5.11. The van der Waals surface area contributed by atoms with Crippen LogP contribution < -0.4 is 4.72 Å². The minimum atomic E-state index is -3.82. The van der Waals surface area contributed by atoms with Crippen LogP contribution in [0.25, 0.3) is 10.8 Å². The third-order valence-corrected chi connectivity index (χ3v) is 7.44. The Morgan fingerprint density at radius 1 is 1.07 bits per heavy atom. The van der Waals surface area contributed by atoms with Gasteiger partial charge in [-0.2, -0.15) is 4.72 Å². The molecule has 4 rings (SSSR count). The minimum Gasteiger partial charge on any atom is -0.339 e. The fraction of sp³-hybridized carbons (Fsp3) is 0.500. The van der Waals surface area contributed by atoms with Crippen molar-refractivity contribution in [1.29, 1.82) is 0 Å². The first-order valence-corrected chi connectivity index (χ1v) is 11.2. The molecule has 1 saturated carbocycles. The minimum absolute atomic E-state index is 0.0795. The molecule has 1 N–H and O–H groups in total. The predicted octanol–water partition coefficient (Wildman–Crippen LogP) is 1.60. The zero-order valence-corrected chi connectivity index (χ0v) is 16.9. The van der Waals surface area contributed by atoms with E-state index in [9.17, 15) is 13.2 Å². The Hall–Kier alpha value is -2.03. The van der Waals surface area contributed by atoms with Crippen molar-refractivity contribution < 1.29 is 13.2 Å². The van der Waals surface area contributed by atoms with E-state index in [-0.39, 0.29) is 10.8 Å². The third-order valence-electron chi connectivity index (χ3n) is 5.91. The van der Waals surface area contributed by atoms with Crippen molar-refractivity contribution in [2.75, 3.05) is 33.2 Å². The molecule has 0 unspecified atom stereocenters. The quantitative estimate of drug-likeness (QED) is 0.840. The largest absolute Gasteiger partial charge is 0.339 e. The van der Waals surface area contributed by atoms with Gasteiger partial charge in [0.15, 0.2) is 0 Å². The Bertz CT molecular complexity index is 978. The third kappa shape index (κ3) is 3.64. The molecule has 1 aliphatic heterocycles. The highest BCUT2D eigenvalue weighted by Gasteiger charge is 2.46. The van der Waals surface area contributed by atoms with Crippen molar-refractivity contribution in [1.82, 2.24) is 19.5 Å². The molecule has 150 valence electrons. The zero-order valence-electron chi connectivity index (χ0n) is 16.1. The maximum absolute atomic E-state index is 13.3.